The van der Waals surface area contributed by atoms with Gasteiger partial charge in [-0.1, -0.05) is 13.3 Å². The number of fused-ring (bicyclic) bond motifs is 2. The summed E-state index contributed by atoms with van der Waals surface area (Å²) in [6.07, 6.45) is 8.25. The van der Waals surface area contributed by atoms with Crippen LogP contribution < -0.4 is 5.56 Å². The summed E-state index contributed by atoms with van der Waals surface area (Å²) in [6.45, 7) is 4.23. The largest absolute Gasteiger partial charge is 0.309 e. The van der Waals surface area contributed by atoms with Crippen molar-refractivity contribution < 1.29 is 0 Å². The highest BCUT2D eigenvalue weighted by molar-refractivity contribution is 5.72. The van der Waals surface area contributed by atoms with Gasteiger partial charge < -0.3 is 4.98 Å². The molecule has 0 amide bonds. The Morgan fingerprint density at radius 3 is 3.00 bits per heavy atom. The molecule has 23 heavy (non-hydrogen) atoms. The maximum atomic E-state index is 12.2. The first-order valence-corrected chi connectivity index (χ1v) is 8.78. The maximum Gasteiger partial charge on any atom is 0.262 e. The lowest BCUT2D eigenvalue weighted by Crippen LogP contribution is -2.50. The molecule has 2 aliphatic rings. The van der Waals surface area contributed by atoms with E-state index >= 15 is 0 Å². The topological polar surface area (TPSA) is 66.8 Å². The molecule has 0 spiro atoms. The minimum atomic E-state index is -0.0802. The van der Waals surface area contributed by atoms with Crippen molar-refractivity contribution in [3.63, 3.8) is 0 Å². The third kappa shape index (κ3) is 2.59. The molecule has 1 aliphatic heterocycles. The fraction of sp³-hybridized carbons (Fsp3) is 0.706. The minimum Gasteiger partial charge on any atom is -0.309 e. The fourth-order valence-electron chi connectivity index (χ4n) is 4.72. The number of likely N-dealkylation sites (tertiary alicyclic amines) is 1. The van der Waals surface area contributed by atoms with Gasteiger partial charge in [-0.25, -0.2) is 4.98 Å². The van der Waals surface area contributed by atoms with Gasteiger partial charge in [0.25, 0.3) is 5.56 Å². The molecule has 0 unspecified atom stereocenters. The molecule has 6 heteroatoms. The summed E-state index contributed by atoms with van der Waals surface area (Å²) in [5.41, 5.74) is 0.595. The van der Waals surface area contributed by atoms with Crippen molar-refractivity contribution in [2.75, 3.05) is 6.54 Å². The van der Waals surface area contributed by atoms with E-state index in [1.807, 2.05) is 7.05 Å². The van der Waals surface area contributed by atoms with E-state index in [2.05, 4.69) is 26.9 Å². The highest BCUT2D eigenvalue weighted by Gasteiger charge is 2.37. The van der Waals surface area contributed by atoms with E-state index < -0.39 is 0 Å². The van der Waals surface area contributed by atoms with Gasteiger partial charge in [0.15, 0.2) is 5.65 Å². The lowest BCUT2D eigenvalue weighted by molar-refractivity contribution is 0.0179. The number of rotatable bonds is 2. The van der Waals surface area contributed by atoms with Crippen molar-refractivity contribution in [3.8, 4) is 0 Å². The molecule has 0 radical (unpaired) electrons. The number of aromatic amines is 1. The third-order valence-electron chi connectivity index (χ3n) is 5.75. The lowest BCUT2D eigenvalue weighted by Gasteiger charge is -2.47. The number of piperidine rings is 1. The Hall–Kier alpha value is -1.69. The molecule has 3 heterocycles. The molecule has 2 aromatic rings. The maximum absolute atomic E-state index is 12.2. The van der Waals surface area contributed by atoms with E-state index in [0.29, 0.717) is 17.1 Å². The zero-order valence-electron chi connectivity index (χ0n) is 14.0. The quantitative estimate of drug-likeness (QED) is 0.921. The van der Waals surface area contributed by atoms with Gasteiger partial charge in [-0.2, -0.15) is 5.10 Å². The highest BCUT2D eigenvalue weighted by atomic mass is 16.1. The van der Waals surface area contributed by atoms with Crippen molar-refractivity contribution in [1.82, 2.24) is 24.6 Å². The Bertz CT molecular complexity index is 762. The lowest BCUT2D eigenvalue weighted by atomic mass is 9.73. The van der Waals surface area contributed by atoms with Crippen LogP contribution in [0.1, 0.15) is 44.9 Å². The Morgan fingerprint density at radius 1 is 1.30 bits per heavy atom. The molecule has 2 aromatic heterocycles. The second kappa shape index (κ2) is 5.74. The number of hydrogen-bond donors (Lipinski definition) is 1. The van der Waals surface area contributed by atoms with Gasteiger partial charge in [0, 0.05) is 13.1 Å². The first-order chi connectivity index (χ1) is 11.1. The van der Waals surface area contributed by atoms with Gasteiger partial charge in [-0.15, -0.1) is 0 Å². The van der Waals surface area contributed by atoms with Gasteiger partial charge in [-0.3, -0.25) is 14.4 Å². The number of hydrogen-bond acceptors (Lipinski definition) is 4. The number of aromatic nitrogens is 4. The molecule has 0 aromatic carbocycles. The van der Waals surface area contributed by atoms with Crippen LogP contribution in [-0.2, 0) is 13.6 Å². The summed E-state index contributed by atoms with van der Waals surface area (Å²) >= 11 is 0. The molecule has 1 saturated heterocycles. The first kappa shape index (κ1) is 14.9. The summed E-state index contributed by atoms with van der Waals surface area (Å²) in [5.74, 6) is 2.32. The van der Waals surface area contributed by atoms with E-state index in [1.165, 1.54) is 32.1 Å². The van der Waals surface area contributed by atoms with E-state index in [1.54, 1.807) is 10.9 Å². The van der Waals surface area contributed by atoms with Crippen molar-refractivity contribution in [2.24, 2.45) is 18.9 Å². The van der Waals surface area contributed by atoms with Crippen molar-refractivity contribution in [3.05, 3.63) is 22.4 Å². The van der Waals surface area contributed by atoms with Crippen LogP contribution in [0.15, 0.2) is 11.0 Å². The van der Waals surface area contributed by atoms with Crippen LogP contribution in [0, 0.1) is 11.8 Å². The molecule has 3 atom stereocenters. The fourth-order valence-corrected chi connectivity index (χ4v) is 4.72. The number of H-pyrrole nitrogens is 1. The van der Waals surface area contributed by atoms with Crippen molar-refractivity contribution in [1.29, 1.82) is 0 Å². The predicted octanol–water partition coefficient (Wildman–Crippen LogP) is 2.06. The summed E-state index contributed by atoms with van der Waals surface area (Å²) in [7, 11) is 1.83. The molecule has 1 aliphatic carbocycles. The Morgan fingerprint density at radius 2 is 2.13 bits per heavy atom. The van der Waals surface area contributed by atoms with Crippen molar-refractivity contribution in [2.45, 2.75) is 51.6 Å². The molecule has 4 rings (SSSR count). The Kier molecular flexibility index (Phi) is 3.71. The Balaban J connectivity index is 1.64. The molecule has 1 saturated carbocycles. The van der Waals surface area contributed by atoms with Gasteiger partial charge in [0.1, 0.15) is 11.2 Å². The predicted molar refractivity (Wildman–Crippen MR) is 89.1 cm³/mol. The summed E-state index contributed by atoms with van der Waals surface area (Å²) in [4.78, 5) is 22.4. The number of nitrogens with zero attached hydrogens (tertiary/aromatic N) is 4. The van der Waals surface area contributed by atoms with Crippen LogP contribution in [-0.4, -0.2) is 37.2 Å². The standard InChI is InChI=1S/C17H25N5O/c1-11-5-3-6-12-7-4-8-22(15(11)12)10-14-19-16-13(17(23)20-14)9-18-21(16)2/h9,11-12,15H,3-8,10H2,1-2H3,(H,19,20,23)/t11-,12+,15+/m1/s1. The highest BCUT2D eigenvalue weighted by Crippen LogP contribution is 2.38. The van der Waals surface area contributed by atoms with Crippen molar-refractivity contribution >= 4 is 11.0 Å². The van der Waals surface area contributed by atoms with Gasteiger partial charge in [-0.05, 0) is 44.1 Å². The van der Waals surface area contributed by atoms with Gasteiger partial charge in [0.2, 0.25) is 0 Å². The van der Waals surface area contributed by atoms with E-state index in [-0.39, 0.29) is 5.56 Å². The van der Waals surface area contributed by atoms with E-state index in [4.69, 9.17) is 0 Å². The average molecular weight is 315 g/mol. The molecular formula is C17H25N5O. The van der Waals surface area contributed by atoms with Gasteiger partial charge in [0.05, 0.1) is 12.7 Å². The normalized spacial score (nSPS) is 28.9. The molecule has 0 bridgehead atoms. The van der Waals surface area contributed by atoms with E-state index in [9.17, 15) is 4.79 Å². The first-order valence-electron chi connectivity index (χ1n) is 8.78. The average Bonchev–Trinajstić information content (AvgIpc) is 2.90. The number of aryl methyl sites for hydroxylation is 1. The van der Waals surface area contributed by atoms with Crippen LogP contribution in [0.3, 0.4) is 0 Å². The Labute approximate surface area is 135 Å². The van der Waals surface area contributed by atoms with Crippen LogP contribution >= 0.6 is 0 Å². The minimum absolute atomic E-state index is 0.0802. The summed E-state index contributed by atoms with van der Waals surface area (Å²) in [5, 5.41) is 4.71. The summed E-state index contributed by atoms with van der Waals surface area (Å²) < 4.78 is 1.68. The van der Waals surface area contributed by atoms with Crippen LogP contribution in [0.5, 0.6) is 0 Å². The van der Waals surface area contributed by atoms with E-state index in [0.717, 1.165) is 30.7 Å². The van der Waals surface area contributed by atoms with Gasteiger partial charge >= 0.3 is 0 Å². The molecule has 1 N–H and O–H groups in total. The second-order valence-electron chi connectivity index (χ2n) is 7.29. The molecule has 2 fully saturated rings. The zero-order chi connectivity index (χ0) is 16.0. The second-order valence-corrected chi connectivity index (χ2v) is 7.29. The molecule has 6 nitrogen and oxygen atoms in total. The zero-order valence-corrected chi connectivity index (χ0v) is 14.0. The smallest absolute Gasteiger partial charge is 0.262 e. The molecular weight excluding hydrogens is 290 g/mol. The van der Waals surface area contributed by atoms with Crippen LogP contribution in [0.25, 0.3) is 11.0 Å². The third-order valence-corrected chi connectivity index (χ3v) is 5.75. The summed E-state index contributed by atoms with van der Waals surface area (Å²) in [6, 6.07) is 0.644. The van der Waals surface area contributed by atoms with Crippen LogP contribution in [0.2, 0.25) is 0 Å². The SMILES string of the molecule is C[C@@H]1CCC[C@H]2CCCN(Cc3nc4c(cnn4C)c(=O)[nH]3)[C@H]21. The van der Waals surface area contributed by atoms with Crippen LogP contribution in [0.4, 0.5) is 0 Å². The number of nitrogens with one attached hydrogen (secondary N) is 1. The monoisotopic (exact) mass is 315 g/mol. The molecule has 124 valence electrons.